The maximum atomic E-state index is 4.78. The lowest BCUT2D eigenvalue weighted by Crippen LogP contribution is -1.84. The Labute approximate surface area is 44.2 Å². The van der Waals surface area contributed by atoms with E-state index in [4.69, 9.17) is 4.74 Å². The van der Waals surface area contributed by atoms with Gasteiger partial charge in [0.1, 0.15) is 0 Å². The second kappa shape index (κ2) is 5.47. The molecule has 2 nitrogen and oxygen atoms in total. The standard InChI is InChI=1S/C5H11NO/c1-3-6-5-7-4-2/h5H,3-4H2,1-2H3/b6-5+. The highest BCUT2D eigenvalue weighted by Crippen LogP contribution is 1.66. The zero-order valence-corrected chi connectivity index (χ0v) is 4.85. The topological polar surface area (TPSA) is 21.6 Å². The van der Waals surface area contributed by atoms with Crippen molar-refractivity contribution in [2.45, 2.75) is 13.8 Å². The molecule has 0 saturated carbocycles. The van der Waals surface area contributed by atoms with Crippen LogP contribution in [-0.2, 0) is 4.74 Å². The van der Waals surface area contributed by atoms with Crippen LogP contribution in [0.3, 0.4) is 0 Å². The van der Waals surface area contributed by atoms with Crippen molar-refractivity contribution in [2.75, 3.05) is 13.2 Å². The first-order valence-corrected chi connectivity index (χ1v) is 2.51. The minimum absolute atomic E-state index is 0.712. The highest BCUT2D eigenvalue weighted by atomic mass is 16.5. The molecule has 0 fully saturated rings. The Balaban J connectivity index is 2.78. The van der Waals surface area contributed by atoms with E-state index >= 15 is 0 Å². The molecule has 0 saturated heterocycles. The Hall–Kier alpha value is -0.530. The van der Waals surface area contributed by atoms with Crippen molar-refractivity contribution in [3.05, 3.63) is 0 Å². The summed E-state index contributed by atoms with van der Waals surface area (Å²) in [6.07, 6.45) is 1.49. The van der Waals surface area contributed by atoms with Crippen LogP contribution in [0.1, 0.15) is 13.8 Å². The quantitative estimate of drug-likeness (QED) is 0.385. The molecule has 0 aliphatic rings. The van der Waals surface area contributed by atoms with E-state index in [0.717, 1.165) is 6.54 Å². The van der Waals surface area contributed by atoms with Crippen LogP contribution in [0.25, 0.3) is 0 Å². The van der Waals surface area contributed by atoms with Crippen molar-refractivity contribution in [1.82, 2.24) is 0 Å². The summed E-state index contributed by atoms with van der Waals surface area (Å²) in [7, 11) is 0. The maximum Gasteiger partial charge on any atom is 0.169 e. The molecule has 0 amide bonds. The molecule has 7 heavy (non-hydrogen) atoms. The molecule has 0 N–H and O–H groups in total. The summed E-state index contributed by atoms with van der Waals surface area (Å²) in [6.45, 7) is 5.42. The third-order valence-electron chi connectivity index (χ3n) is 0.498. The van der Waals surface area contributed by atoms with Gasteiger partial charge >= 0.3 is 0 Å². The molecule has 0 aromatic carbocycles. The summed E-state index contributed by atoms with van der Waals surface area (Å²) in [5.41, 5.74) is 0. The van der Waals surface area contributed by atoms with Gasteiger partial charge in [-0.25, -0.2) is 0 Å². The van der Waals surface area contributed by atoms with Gasteiger partial charge in [-0.1, -0.05) is 0 Å². The number of rotatable bonds is 3. The average molecular weight is 101 g/mol. The van der Waals surface area contributed by atoms with Crippen LogP contribution in [0.15, 0.2) is 4.99 Å². The molecule has 0 unspecified atom stereocenters. The van der Waals surface area contributed by atoms with Gasteiger partial charge in [0.2, 0.25) is 0 Å². The van der Waals surface area contributed by atoms with E-state index in [-0.39, 0.29) is 0 Å². The molecule has 0 spiro atoms. The number of hydrogen-bond donors (Lipinski definition) is 0. The Morgan fingerprint density at radius 2 is 2.29 bits per heavy atom. The lowest BCUT2D eigenvalue weighted by molar-refractivity contribution is 0.342. The van der Waals surface area contributed by atoms with Gasteiger partial charge in [-0.05, 0) is 13.8 Å². The second-order valence-corrected chi connectivity index (χ2v) is 1.06. The Morgan fingerprint density at radius 3 is 2.71 bits per heavy atom. The van der Waals surface area contributed by atoms with Gasteiger partial charge in [-0.2, -0.15) is 0 Å². The molecule has 0 atom stereocenters. The summed E-state index contributed by atoms with van der Waals surface area (Å²) in [5.74, 6) is 0. The molecular weight excluding hydrogens is 90.1 g/mol. The van der Waals surface area contributed by atoms with Crippen molar-refractivity contribution in [2.24, 2.45) is 4.99 Å². The van der Waals surface area contributed by atoms with Crippen molar-refractivity contribution in [3.8, 4) is 0 Å². The van der Waals surface area contributed by atoms with E-state index in [1.54, 1.807) is 0 Å². The summed E-state index contributed by atoms with van der Waals surface area (Å²) >= 11 is 0. The first-order valence-electron chi connectivity index (χ1n) is 2.51. The Morgan fingerprint density at radius 1 is 1.57 bits per heavy atom. The van der Waals surface area contributed by atoms with Crippen LogP contribution in [0.5, 0.6) is 0 Å². The minimum atomic E-state index is 0.712. The van der Waals surface area contributed by atoms with Gasteiger partial charge in [-0.15, -0.1) is 0 Å². The molecule has 0 rings (SSSR count). The number of ether oxygens (including phenoxy) is 1. The third-order valence-corrected chi connectivity index (χ3v) is 0.498. The summed E-state index contributed by atoms with van der Waals surface area (Å²) in [6, 6.07) is 0. The first kappa shape index (κ1) is 6.47. The normalized spacial score (nSPS) is 10.0. The van der Waals surface area contributed by atoms with E-state index in [9.17, 15) is 0 Å². The van der Waals surface area contributed by atoms with Crippen LogP contribution in [0.4, 0.5) is 0 Å². The highest BCUT2D eigenvalue weighted by molar-refractivity contribution is 5.45. The van der Waals surface area contributed by atoms with Crippen molar-refractivity contribution in [3.63, 3.8) is 0 Å². The summed E-state index contributed by atoms with van der Waals surface area (Å²) < 4.78 is 4.78. The molecule has 0 aromatic rings. The fraction of sp³-hybridized carbons (Fsp3) is 0.800. The van der Waals surface area contributed by atoms with Crippen LogP contribution in [-0.4, -0.2) is 19.6 Å². The average Bonchev–Trinajstić information content (AvgIpc) is 1.69. The molecule has 0 aromatic heterocycles. The van der Waals surface area contributed by atoms with Gasteiger partial charge in [0, 0.05) is 6.54 Å². The van der Waals surface area contributed by atoms with Gasteiger partial charge in [-0.3, -0.25) is 4.99 Å². The van der Waals surface area contributed by atoms with E-state index in [1.165, 1.54) is 6.40 Å². The Kier molecular flexibility index (Phi) is 5.06. The highest BCUT2D eigenvalue weighted by Gasteiger charge is 1.65. The van der Waals surface area contributed by atoms with Crippen molar-refractivity contribution in [1.29, 1.82) is 0 Å². The molecule has 0 heterocycles. The van der Waals surface area contributed by atoms with Crippen LogP contribution >= 0.6 is 0 Å². The van der Waals surface area contributed by atoms with Gasteiger partial charge in [0.25, 0.3) is 0 Å². The first-order chi connectivity index (χ1) is 3.41. The number of aliphatic imine (C=N–C) groups is 1. The summed E-state index contributed by atoms with van der Waals surface area (Å²) in [4.78, 5) is 3.81. The van der Waals surface area contributed by atoms with Crippen molar-refractivity contribution < 1.29 is 4.74 Å². The SMILES string of the molecule is CC/N=C/OCC. The molecule has 0 aliphatic heterocycles. The molecule has 42 valence electrons. The predicted octanol–water partition coefficient (Wildman–Crippen LogP) is 1.07. The van der Waals surface area contributed by atoms with Crippen molar-refractivity contribution >= 4 is 6.40 Å². The third kappa shape index (κ3) is 5.47. The molecular formula is C5H11NO. The second-order valence-electron chi connectivity index (χ2n) is 1.06. The lowest BCUT2D eigenvalue weighted by Gasteiger charge is -1.87. The Bertz CT molecular complexity index is 52.0. The zero-order valence-electron chi connectivity index (χ0n) is 4.85. The fourth-order valence-electron chi connectivity index (χ4n) is 0.202. The van der Waals surface area contributed by atoms with E-state index < -0.39 is 0 Å². The fourth-order valence-corrected chi connectivity index (χ4v) is 0.202. The minimum Gasteiger partial charge on any atom is -0.484 e. The monoisotopic (exact) mass is 101 g/mol. The zero-order chi connectivity index (χ0) is 5.54. The van der Waals surface area contributed by atoms with Gasteiger partial charge in [0.15, 0.2) is 6.40 Å². The number of hydrogen-bond acceptors (Lipinski definition) is 2. The van der Waals surface area contributed by atoms with Crippen LogP contribution in [0.2, 0.25) is 0 Å². The smallest absolute Gasteiger partial charge is 0.169 e. The van der Waals surface area contributed by atoms with Crippen LogP contribution in [0, 0.1) is 0 Å². The van der Waals surface area contributed by atoms with E-state index in [1.807, 2.05) is 13.8 Å². The van der Waals surface area contributed by atoms with Gasteiger partial charge in [0.05, 0.1) is 6.61 Å². The molecule has 0 radical (unpaired) electrons. The van der Waals surface area contributed by atoms with E-state index in [2.05, 4.69) is 4.99 Å². The lowest BCUT2D eigenvalue weighted by atomic mass is 10.8. The maximum absolute atomic E-state index is 4.78. The molecule has 2 heteroatoms. The largest absolute Gasteiger partial charge is 0.484 e. The number of nitrogens with zero attached hydrogens (tertiary/aromatic N) is 1. The van der Waals surface area contributed by atoms with E-state index in [0.29, 0.717) is 6.61 Å². The van der Waals surface area contributed by atoms with Gasteiger partial charge < -0.3 is 4.74 Å². The predicted molar refractivity (Wildman–Crippen MR) is 30.7 cm³/mol. The molecule has 0 bridgehead atoms. The van der Waals surface area contributed by atoms with Crippen LogP contribution < -0.4 is 0 Å². The summed E-state index contributed by atoms with van der Waals surface area (Å²) in [5, 5.41) is 0. The molecule has 0 aliphatic carbocycles.